The second-order valence-corrected chi connectivity index (χ2v) is 6.81. The first-order valence-electron chi connectivity index (χ1n) is 8.48. The summed E-state index contributed by atoms with van der Waals surface area (Å²) in [6, 6.07) is 13.7. The summed E-state index contributed by atoms with van der Waals surface area (Å²) in [6.45, 7) is 0.484. The maximum absolute atomic E-state index is 12.2. The van der Waals surface area contributed by atoms with Crippen molar-refractivity contribution in [1.29, 1.82) is 0 Å². The van der Waals surface area contributed by atoms with Gasteiger partial charge in [-0.05, 0) is 35.9 Å². The molecule has 134 valence electrons. The lowest BCUT2D eigenvalue weighted by molar-refractivity contribution is -0.120. The molecule has 6 nitrogen and oxygen atoms in total. The summed E-state index contributed by atoms with van der Waals surface area (Å²) in [7, 11) is 0. The first kappa shape index (κ1) is 17.1. The van der Waals surface area contributed by atoms with Gasteiger partial charge in [-0.15, -0.1) is 11.3 Å². The van der Waals surface area contributed by atoms with Crippen LogP contribution in [0.15, 0.2) is 72.6 Å². The Kier molecular flexibility index (Phi) is 5.02. The first-order valence-corrected chi connectivity index (χ1v) is 9.36. The zero-order valence-corrected chi connectivity index (χ0v) is 15.3. The molecule has 1 N–H and O–H groups in total. The number of hydrogen-bond acceptors (Lipinski definition) is 5. The Labute approximate surface area is 160 Å². The molecule has 27 heavy (non-hydrogen) atoms. The van der Waals surface area contributed by atoms with E-state index in [1.165, 1.54) is 11.3 Å². The van der Waals surface area contributed by atoms with E-state index < -0.39 is 0 Å². The van der Waals surface area contributed by atoms with Gasteiger partial charge in [0, 0.05) is 42.3 Å². The smallest absolute Gasteiger partial charge is 0.226 e. The average molecular weight is 375 g/mol. The summed E-state index contributed by atoms with van der Waals surface area (Å²) in [5.74, 6) is -0.0470. The molecule has 0 aliphatic carbocycles. The van der Waals surface area contributed by atoms with Gasteiger partial charge in [-0.2, -0.15) is 5.10 Å². The van der Waals surface area contributed by atoms with Gasteiger partial charge in [-0.25, -0.2) is 9.67 Å². The predicted molar refractivity (Wildman–Crippen MR) is 104 cm³/mol. The SMILES string of the molecule is O=C(Cc1csc(-c2cccnc2)n1)NCc1ccc(-n2cccn2)cc1. The molecule has 0 spiro atoms. The zero-order valence-electron chi connectivity index (χ0n) is 14.4. The summed E-state index contributed by atoms with van der Waals surface area (Å²) in [4.78, 5) is 20.8. The van der Waals surface area contributed by atoms with Gasteiger partial charge in [0.1, 0.15) is 5.01 Å². The fourth-order valence-corrected chi connectivity index (χ4v) is 3.44. The molecule has 3 aromatic heterocycles. The number of carbonyl (C=O) groups is 1. The van der Waals surface area contributed by atoms with Crippen molar-refractivity contribution in [1.82, 2.24) is 25.1 Å². The van der Waals surface area contributed by atoms with Crippen LogP contribution in [-0.4, -0.2) is 25.7 Å². The molecule has 1 aromatic carbocycles. The Balaban J connectivity index is 1.32. The molecule has 0 saturated carbocycles. The number of nitrogens with zero attached hydrogens (tertiary/aromatic N) is 4. The van der Waals surface area contributed by atoms with Crippen molar-refractivity contribution in [2.24, 2.45) is 0 Å². The summed E-state index contributed by atoms with van der Waals surface area (Å²) in [6.07, 6.45) is 7.40. The number of hydrogen-bond donors (Lipinski definition) is 1. The summed E-state index contributed by atoms with van der Waals surface area (Å²) in [5.41, 5.74) is 3.76. The van der Waals surface area contributed by atoms with Crippen LogP contribution in [0.4, 0.5) is 0 Å². The molecule has 0 fully saturated rings. The minimum atomic E-state index is -0.0470. The van der Waals surface area contributed by atoms with E-state index in [4.69, 9.17) is 0 Å². The van der Waals surface area contributed by atoms with Gasteiger partial charge in [0.25, 0.3) is 0 Å². The normalized spacial score (nSPS) is 10.7. The number of nitrogens with one attached hydrogen (secondary N) is 1. The number of carbonyl (C=O) groups excluding carboxylic acids is 1. The van der Waals surface area contributed by atoms with Gasteiger partial charge in [0.2, 0.25) is 5.91 Å². The van der Waals surface area contributed by atoms with Gasteiger partial charge in [0.05, 0.1) is 17.8 Å². The van der Waals surface area contributed by atoms with Gasteiger partial charge >= 0.3 is 0 Å². The number of thiazole rings is 1. The average Bonchev–Trinajstić information content (AvgIpc) is 3.40. The van der Waals surface area contributed by atoms with Gasteiger partial charge in [-0.1, -0.05) is 12.1 Å². The van der Waals surface area contributed by atoms with Crippen LogP contribution in [0.1, 0.15) is 11.3 Å². The second-order valence-electron chi connectivity index (χ2n) is 5.96. The third-order valence-corrected chi connectivity index (χ3v) is 4.94. The maximum atomic E-state index is 12.2. The van der Waals surface area contributed by atoms with Crippen molar-refractivity contribution in [3.63, 3.8) is 0 Å². The van der Waals surface area contributed by atoms with Crippen molar-refractivity contribution in [2.75, 3.05) is 0 Å². The molecule has 4 aromatic rings. The Bertz CT molecular complexity index is 1010. The largest absolute Gasteiger partial charge is 0.352 e. The highest BCUT2D eigenvalue weighted by molar-refractivity contribution is 7.13. The molecule has 0 radical (unpaired) electrons. The van der Waals surface area contributed by atoms with Crippen LogP contribution in [0.5, 0.6) is 0 Å². The van der Waals surface area contributed by atoms with Crippen LogP contribution < -0.4 is 5.32 Å². The van der Waals surface area contributed by atoms with E-state index in [1.807, 2.05) is 54.0 Å². The zero-order chi connectivity index (χ0) is 18.5. The van der Waals surface area contributed by atoms with Crippen molar-refractivity contribution in [2.45, 2.75) is 13.0 Å². The topological polar surface area (TPSA) is 72.7 Å². The number of pyridine rings is 1. The van der Waals surface area contributed by atoms with Crippen LogP contribution in [0.3, 0.4) is 0 Å². The molecular formula is C20H17N5OS. The summed E-state index contributed by atoms with van der Waals surface area (Å²) >= 11 is 1.52. The van der Waals surface area contributed by atoms with E-state index in [0.717, 1.165) is 27.5 Å². The molecular weight excluding hydrogens is 358 g/mol. The third kappa shape index (κ3) is 4.27. The van der Waals surface area contributed by atoms with Gasteiger partial charge in [0.15, 0.2) is 0 Å². The Morgan fingerprint density at radius 1 is 1.11 bits per heavy atom. The number of aromatic nitrogens is 4. The lowest BCUT2D eigenvalue weighted by Gasteiger charge is -2.06. The first-order chi connectivity index (χ1) is 13.3. The summed E-state index contributed by atoms with van der Waals surface area (Å²) < 4.78 is 1.80. The highest BCUT2D eigenvalue weighted by Gasteiger charge is 2.09. The van der Waals surface area contributed by atoms with Crippen LogP contribution in [0.25, 0.3) is 16.3 Å². The summed E-state index contributed by atoms with van der Waals surface area (Å²) in [5, 5.41) is 9.93. The Hall–Kier alpha value is -3.32. The predicted octanol–water partition coefficient (Wildman–Crippen LogP) is 3.25. The quantitative estimate of drug-likeness (QED) is 0.561. The van der Waals surface area contributed by atoms with Gasteiger partial charge in [-0.3, -0.25) is 9.78 Å². The molecule has 0 saturated heterocycles. The van der Waals surface area contributed by atoms with Crippen LogP contribution in [0, 0.1) is 0 Å². The molecule has 0 bridgehead atoms. The molecule has 0 aliphatic rings. The van der Waals surface area contributed by atoms with Crippen LogP contribution >= 0.6 is 11.3 Å². The van der Waals surface area contributed by atoms with E-state index in [-0.39, 0.29) is 12.3 Å². The van der Waals surface area contributed by atoms with Crippen molar-refractivity contribution in [3.8, 4) is 16.3 Å². The van der Waals surface area contributed by atoms with Crippen molar-refractivity contribution in [3.05, 3.63) is 83.9 Å². The minimum absolute atomic E-state index is 0.0470. The van der Waals surface area contributed by atoms with E-state index in [1.54, 1.807) is 23.3 Å². The monoisotopic (exact) mass is 375 g/mol. The number of amides is 1. The molecule has 4 rings (SSSR count). The maximum Gasteiger partial charge on any atom is 0.226 e. The lowest BCUT2D eigenvalue weighted by atomic mass is 10.2. The molecule has 1 amide bonds. The highest BCUT2D eigenvalue weighted by atomic mass is 32.1. The van der Waals surface area contributed by atoms with Crippen LogP contribution in [-0.2, 0) is 17.8 Å². The minimum Gasteiger partial charge on any atom is -0.352 e. The van der Waals surface area contributed by atoms with Crippen LogP contribution in [0.2, 0.25) is 0 Å². The number of rotatable bonds is 6. The van der Waals surface area contributed by atoms with Gasteiger partial charge < -0.3 is 5.32 Å². The molecule has 7 heteroatoms. The molecule has 3 heterocycles. The van der Waals surface area contributed by atoms with E-state index in [9.17, 15) is 4.79 Å². The van der Waals surface area contributed by atoms with Crippen molar-refractivity contribution < 1.29 is 4.79 Å². The third-order valence-electron chi connectivity index (χ3n) is 4.00. The van der Waals surface area contributed by atoms with E-state index in [2.05, 4.69) is 20.4 Å². The molecule has 0 aliphatic heterocycles. The standard InChI is InChI=1S/C20H17N5OS/c26-19(11-17-14-27-20(24-17)16-3-1-8-21-13-16)22-12-15-4-6-18(7-5-15)25-10-2-9-23-25/h1-10,13-14H,11-12H2,(H,22,26). The number of benzene rings is 1. The van der Waals surface area contributed by atoms with Crippen molar-refractivity contribution >= 4 is 17.2 Å². The fourth-order valence-electron chi connectivity index (χ4n) is 2.63. The second kappa shape index (κ2) is 7.92. The Morgan fingerprint density at radius 3 is 2.74 bits per heavy atom. The fraction of sp³-hybridized carbons (Fsp3) is 0.100. The van der Waals surface area contributed by atoms with E-state index in [0.29, 0.717) is 6.54 Å². The Morgan fingerprint density at radius 2 is 2.00 bits per heavy atom. The molecule has 0 atom stereocenters. The molecule has 0 unspecified atom stereocenters. The van der Waals surface area contributed by atoms with E-state index >= 15 is 0 Å². The lowest BCUT2D eigenvalue weighted by Crippen LogP contribution is -2.24. The highest BCUT2D eigenvalue weighted by Crippen LogP contribution is 2.22.